The summed E-state index contributed by atoms with van der Waals surface area (Å²) < 4.78 is 0. The maximum atomic E-state index is 4.08. The van der Waals surface area contributed by atoms with Gasteiger partial charge in [-0.05, 0) is 26.3 Å². The van der Waals surface area contributed by atoms with Crippen molar-refractivity contribution in [2.45, 2.75) is 34.6 Å². The van der Waals surface area contributed by atoms with Crippen LogP contribution >= 0.6 is 0 Å². The van der Waals surface area contributed by atoms with Crippen LogP contribution in [0.25, 0.3) is 0 Å². The van der Waals surface area contributed by atoms with Crippen molar-refractivity contribution in [1.29, 1.82) is 0 Å². The molecule has 0 amide bonds. The molecule has 0 aliphatic rings. The molecule has 0 radical (unpaired) electrons. The molecule has 0 saturated heterocycles. The predicted molar refractivity (Wildman–Crippen MR) is 54.1 cm³/mol. The van der Waals surface area contributed by atoms with Crippen LogP contribution in [-0.2, 0) is 0 Å². The second kappa shape index (κ2) is 9.15. The third kappa shape index (κ3) is 12.4. The van der Waals surface area contributed by atoms with Gasteiger partial charge >= 0.3 is 0 Å². The summed E-state index contributed by atoms with van der Waals surface area (Å²) in [6.45, 7) is 13.5. The van der Waals surface area contributed by atoms with Crippen molar-refractivity contribution in [2.24, 2.45) is 4.99 Å². The highest BCUT2D eigenvalue weighted by atomic mass is 14.7. The molecule has 0 spiro atoms. The molecule has 0 heterocycles. The van der Waals surface area contributed by atoms with E-state index >= 15 is 0 Å². The second-order valence-corrected chi connectivity index (χ2v) is 2.15. The fourth-order valence-corrected chi connectivity index (χ4v) is 0.284. The third-order valence-electron chi connectivity index (χ3n) is 0.848. The van der Waals surface area contributed by atoms with E-state index < -0.39 is 0 Å². The molecule has 64 valence electrons. The molecule has 1 nitrogen and oxygen atoms in total. The van der Waals surface area contributed by atoms with E-state index in [1.165, 1.54) is 0 Å². The van der Waals surface area contributed by atoms with Gasteiger partial charge in [-0.1, -0.05) is 26.5 Å². The number of aliphatic imine (C=N–C) groups is 1. The van der Waals surface area contributed by atoms with Crippen LogP contribution in [0.15, 0.2) is 29.4 Å². The van der Waals surface area contributed by atoms with E-state index in [0.717, 1.165) is 11.3 Å². The van der Waals surface area contributed by atoms with Gasteiger partial charge < -0.3 is 0 Å². The van der Waals surface area contributed by atoms with Crippen LogP contribution in [0.2, 0.25) is 0 Å². The summed E-state index contributed by atoms with van der Waals surface area (Å²) in [5.41, 5.74) is 2.16. The van der Waals surface area contributed by atoms with Crippen LogP contribution in [0.3, 0.4) is 0 Å². The summed E-state index contributed by atoms with van der Waals surface area (Å²) in [6.07, 6.45) is 3.59. The van der Waals surface area contributed by atoms with E-state index in [9.17, 15) is 0 Å². The van der Waals surface area contributed by atoms with Gasteiger partial charge in [-0.2, -0.15) is 0 Å². The fraction of sp³-hybridized carbons (Fsp3) is 0.500. The highest BCUT2D eigenvalue weighted by Crippen LogP contribution is 1.92. The predicted octanol–water partition coefficient (Wildman–Crippen LogP) is 3.58. The summed E-state index contributed by atoms with van der Waals surface area (Å²) in [6, 6.07) is 0. The van der Waals surface area contributed by atoms with Gasteiger partial charge in [0.1, 0.15) is 0 Å². The van der Waals surface area contributed by atoms with Crippen molar-refractivity contribution in [3.8, 4) is 0 Å². The Morgan fingerprint density at radius 2 is 1.64 bits per heavy atom. The first-order chi connectivity index (χ1) is 5.16. The van der Waals surface area contributed by atoms with Gasteiger partial charge in [0, 0.05) is 11.9 Å². The minimum Gasteiger partial charge on any atom is -0.266 e. The minimum atomic E-state index is 1.07. The van der Waals surface area contributed by atoms with Crippen LogP contribution in [0, 0.1) is 0 Å². The maximum Gasteiger partial charge on any atom is 0.0295 e. The van der Waals surface area contributed by atoms with Crippen molar-refractivity contribution < 1.29 is 0 Å². The Bertz CT molecular complexity index is 148. The molecule has 0 unspecified atom stereocenters. The van der Waals surface area contributed by atoms with Crippen LogP contribution in [0.4, 0.5) is 0 Å². The Labute approximate surface area is 70.5 Å². The quantitative estimate of drug-likeness (QED) is 0.424. The molecule has 0 aliphatic carbocycles. The molecule has 0 N–H and O–H groups in total. The van der Waals surface area contributed by atoms with E-state index in [1.54, 1.807) is 6.08 Å². The summed E-state index contributed by atoms with van der Waals surface area (Å²) in [5, 5.41) is 0. The van der Waals surface area contributed by atoms with Crippen molar-refractivity contribution in [3.63, 3.8) is 0 Å². The highest BCUT2D eigenvalue weighted by Gasteiger charge is 1.75. The molecular formula is C10H19N. The SMILES string of the molecule is C=C/C(C)=C\N=C(C)C.CC. The smallest absolute Gasteiger partial charge is 0.0295 e. The lowest BCUT2D eigenvalue weighted by atomic mass is 10.3. The van der Waals surface area contributed by atoms with Gasteiger partial charge in [-0.3, -0.25) is 4.99 Å². The Morgan fingerprint density at radius 1 is 1.18 bits per heavy atom. The molecule has 0 saturated carbocycles. The number of allylic oxidation sites excluding steroid dienone is 2. The Balaban J connectivity index is 0. The normalized spacial score (nSPS) is 9.36. The second-order valence-electron chi connectivity index (χ2n) is 2.15. The molecule has 0 aromatic carbocycles. The molecular weight excluding hydrogens is 134 g/mol. The monoisotopic (exact) mass is 153 g/mol. The van der Waals surface area contributed by atoms with E-state index in [2.05, 4.69) is 11.6 Å². The van der Waals surface area contributed by atoms with Gasteiger partial charge in [0.2, 0.25) is 0 Å². The average Bonchev–Trinajstić information content (AvgIpc) is 2.04. The van der Waals surface area contributed by atoms with Crippen LogP contribution in [0.1, 0.15) is 34.6 Å². The first-order valence-electron chi connectivity index (χ1n) is 3.97. The zero-order valence-corrected chi connectivity index (χ0v) is 8.31. The van der Waals surface area contributed by atoms with Gasteiger partial charge in [-0.25, -0.2) is 0 Å². The molecule has 0 aromatic heterocycles. The number of hydrogen-bond donors (Lipinski definition) is 0. The van der Waals surface area contributed by atoms with Crippen LogP contribution < -0.4 is 0 Å². The van der Waals surface area contributed by atoms with Gasteiger partial charge in [0.05, 0.1) is 0 Å². The van der Waals surface area contributed by atoms with Gasteiger partial charge in [-0.15, -0.1) is 0 Å². The lowest BCUT2D eigenvalue weighted by Gasteiger charge is -1.85. The lowest BCUT2D eigenvalue weighted by molar-refractivity contribution is 1.41. The molecule has 0 aliphatic heterocycles. The fourth-order valence-electron chi connectivity index (χ4n) is 0.284. The molecule has 1 heteroatoms. The molecule has 11 heavy (non-hydrogen) atoms. The van der Waals surface area contributed by atoms with Crippen molar-refractivity contribution in [3.05, 3.63) is 24.4 Å². The Morgan fingerprint density at radius 3 is 1.91 bits per heavy atom. The van der Waals surface area contributed by atoms with E-state index in [4.69, 9.17) is 0 Å². The Kier molecular flexibility index (Phi) is 10.6. The number of hydrogen-bond acceptors (Lipinski definition) is 1. The molecule has 0 aromatic rings. The van der Waals surface area contributed by atoms with E-state index in [0.29, 0.717) is 0 Å². The summed E-state index contributed by atoms with van der Waals surface area (Å²) >= 11 is 0. The van der Waals surface area contributed by atoms with Gasteiger partial charge in [0.15, 0.2) is 0 Å². The summed E-state index contributed by atoms with van der Waals surface area (Å²) in [4.78, 5) is 4.08. The van der Waals surface area contributed by atoms with Crippen molar-refractivity contribution in [2.75, 3.05) is 0 Å². The third-order valence-corrected chi connectivity index (χ3v) is 0.848. The first kappa shape index (κ1) is 12.8. The zero-order valence-electron chi connectivity index (χ0n) is 8.31. The standard InChI is InChI=1S/C8H13N.C2H6/c1-5-8(4)6-9-7(2)3;1-2/h5-6H,1H2,2-4H3;1-2H3/b8-6-;. The number of rotatable bonds is 2. The van der Waals surface area contributed by atoms with Gasteiger partial charge in [0.25, 0.3) is 0 Å². The maximum absolute atomic E-state index is 4.08. The van der Waals surface area contributed by atoms with Crippen molar-refractivity contribution in [1.82, 2.24) is 0 Å². The topological polar surface area (TPSA) is 12.4 Å². The summed E-state index contributed by atoms with van der Waals surface area (Å²) in [7, 11) is 0. The molecule has 0 bridgehead atoms. The van der Waals surface area contributed by atoms with Crippen LogP contribution in [-0.4, -0.2) is 5.71 Å². The molecule has 0 fully saturated rings. The minimum absolute atomic E-state index is 1.07. The molecule has 0 atom stereocenters. The highest BCUT2D eigenvalue weighted by molar-refractivity contribution is 5.79. The van der Waals surface area contributed by atoms with Crippen LogP contribution in [0.5, 0.6) is 0 Å². The summed E-state index contributed by atoms with van der Waals surface area (Å²) in [5.74, 6) is 0. The molecule has 0 rings (SSSR count). The Hall–Kier alpha value is -0.850. The largest absolute Gasteiger partial charge is 0.266 e. The van der Waals surface area contributed by atoms with E-state index in [-0.39, 0.29) is 0 Å². The average molecular weight is 153 g/mol. The first-order valence-corrected chi connectivity index (χ1v) is 3.97. The lowest BCUT2D eigenvalue weighted by Crippen LogP contribution is -1.76. The number of nitrogens with zero attached hydrogens (tertiary/aromatic N) is 1. The van der Waals surface area contributed by atoms with Crippen molar-refractivity contribution >= 4 is 5.71 Å². The van der Waals surface area contributed by atoms with E-state index in [1.807, 2.05) is 40.8 Å². The zero-order chi connectivity index (χ0) is 9.28.